The van der Waals surface area contributed by atoms with Gasteiger partial charge in [0.05, 0.1) is 6.21 Å². The van der Waals surface area contributed by atoms with Crippen LogP contribution in [0.25, 0.3) is 10.9 Å². The molecular weight excluding hydrogens is 324 g/mol. The van der Waals surface area contributed by atoms with Gasteiger partial charge < -0.3 is 9.88 Å². The van der Waals surface area contributed by atoms with Crippen LogP contribution in [0.15, 0.2) is 53.6 Å². The first-order valence-electron chi connectivity index (χ1n) is 8.98. The minimum absolute atomic E-state index is 0.202. The van der Waals surface area contributed by atoms with Crippen molar-refractivity contribution in [3.05, 3.63) is 65.4 Å². The van der Waals surface area contributed by atoms with Crippen LogP contribution in [-0.2, 0) is 0 Å². The van der Waals surface area contributed by atoms with Crippen molar-refractivity contribution >= 4 is 28.7 Å². The van der Waals surface area contributed by atoms with E-state index < -0.39 is 0 Å². The van der Waals surface area contributed by atoms with Gasteiger partial charge in [-0.05, 0) is 50.1 Å². The fourth-order valence-corrected chi connectivity index (χ4v) is 3.48. The van der Waals surface area contributed by atoms with Crippen molar-refractivity contribution in [2.24, 2.45) is 5.10 Å². The lowest BCUT2D eigenvalue weighted by Gasteiger charge is -2.17. The summed E-state index contributed by atoms with van der Waals surface area (Å²) in [6.45, 7) is 4.19. The Kier molecular flexibility index (Phi) is 4.44. The second-order valence-corrected chi connectivity index (χ2v) is 6.65. The standard InChI is InChI=1S/C21H22N4O/c1-15-19(18-6-2-3-7-20(18)23-15)14-22-24-21(26)16-8-10-17(11-9-16)25-12-4-5-13-25/h2-3,6-11,14,23H,4-5,12-13H2,1H3,(H,24,26)/b22-14-. The zero-order valence-corrected chi connectivity index (χ0v) is 14.8. The summed E-state index contributed by atoms with van der Waals surface area (Å²) in [5.41, 5.74) is 7.49. The maximum atomic E-state index is 12.3. The number of H-pyrrole nitrogens is 1. The Morgan fingerprint density at radius 3 is 2.62 bits per heavy atom. The van der Waals surface area contributed by atoms with Gasteiger partial charge in [0.15, 0.2) is 0 Å². The molecule has 0 aliphatic carbocycles. The minimum atomic E-state index is -0.202. The molecule has 0 saturated carbocycles. The van der Waals surface area contributed by atoms with E-state index >= 15 is 0 Å². The summed E-state index contributed by atoms with van der Waals surface area (Å²) in [6, 6.07) is 15.8. The van der Waals surface area contributed by atoms with Gasteiger partial charge in [-0.1, -0.05) is 18.2 Å². The molecular formula is C21H22N4O. The summed E-state index contributed by atoms with van der Waals surface area (Å²) in [5, 5.41) is 5.24. The first-order chi connectivity index (χ1) is 12.7. The second-order valence-electron chi connectivity index (χ2n) is 6.65. The molecule has 0 spiro atoms. The molecule has 1 fully saturated rings. The van der Waals surface area contributed by atoms with Crippen LogP contribution in [0.2, 0.25) is 0 Å². The van der Waals surface area contributed by atoms with Crippen molar-refractivity contribution in [3.63, 3.8) is 0 Å². The summed E-state index contributed by atoms with van der Waals surface area (Å²) >= 11 is 0. The first-order valence-corrected chi connectivity index (χ1v) is 8.98. The third kappa shape index (κ3) is 3.20. The van der Waals surface area contributed by atoms with Crippen molar-refractivity contribution < 1.29 is 4.79 Å². The molecule has 1 saturated heterocycles. The number of carbonyl (C=O) groups is 1. The molecule has 0 unspecified atom stereocenters. The van der Waals surface area contributed by atoms with E-state index in [9.17, 15) is 4.79 Å². The number of hydrogen-bond acceptors (Lipinski definition) is 3. The smallest absolute Gasteiger partial charge is 0.271 e. The lowest BCUT2D eigenvalue weighted by molar-refractivity contribution is 0.0955. The number of anilines is 1. The molecule has 1 aliphatic rings. The highest BCUT2D eigenvalue weighted by Gasteiger charge is 2.13. The SMILES string of the molecule is Cc1[nH]c2ccccc2c1/C=N\NC(=O)c1ccc(N2CCCC2)cc1. The Morgan fingerprint density at radius 2 is 1.85 bits per heavy atom. The van der Waals surface area contributed by atoms with Crippen LogP contribution in [-0.4, -0.2) is 30.2 Å². The first kappa shape index (κ1) is 16.4. The van der Waals surface area contributed by atoms with Crippen molar-refractivity contribution in [1.82, 2.24) is 10.4 Å². The Labute approximate surface area is 152 Å². The molecule has 1 aliphatic heterocycles. The maximum absolute atomic E-state index is 12.3. The Balaban J connectivity index is 1.44. The number of carbonyl (C=O) groups excluding carboxylic acids is 1. The number of nitrogens with one attached hydrogen (secondary N) is 2. The van der Waals surface area contributed by atoms with Gasteiger partial charge in [-0.25, -0.2) is 5.43 Å². The van der Waals surface area contributed by atoms with Crippen LogP contribution in [0, 0.1) is 6.92 Å². The predicted molar refractivity (Wildman–Crippen MR) is 106 cm³/mol. The molecule has 26 heavy (non-hydrogen) atoms. The molecule has 5 nitrogen and oxygen atoms in total. The molecule has 2 heterocycles. The molecule has 2 N–H and O–H groups in total. The third-order valence-corrected chi connectivity index (χ3v) is 4.90. The van der Waals surface area contributed by atoms with E-state index in [0.29, 0.717) is 5.56 Å². The number of amides is 1. The van der Waals surface area contributed by atoms with E-state index in [0.717, 1.165) is 35.2 Å². The molecule has 1 aromatic heterocycles. The number of aryl methyl sites for hydroxylation is 1. The lowest BCUT2D eigenvalue weighted by atomic mass is 10.1. The van der Waals surface area contributed by atoms with Crippen LogP contribution in [0.5, 0.6) is 0 Å². The topological polar surface area (TPSA) is 60.5 Å². The number of para-hydroxylation sites is 1. The molecule has 5 heteroatoms. The fourth-order valence-electron chi connectivity index (χ4n) is 3.48. The van der Waals surface area contributed by atoms with Gasteiger partial charge in [-0.2, -0.15) is 5.10 Å². The number of aromatic nitrogens is 1. The normalized spacial score (nSPS) is 14.4. The van der Waals surface area contributed by atoms with E-state index in [1.807, 2.05) is 55.5 Å². The molecule has 4 rings (SSSR count). The van der Waals surface area contributed by atoms with E-state index in [2.05, 4.69) is 20.4 Å². The van der Waals surface area contributed by atoms with Gasteiger partial charge in [0.1, 0.15) is 0 Å². The summed E-state index contributed by atoms with van der Waals surface area (Å²) in [5.74, 6) is -0.202. The van der Waals surface area contributed by atoms with Gasteiger partial charge in [-0.15, -0.1) is 0 Å². The third-order valence-electron chi connectivity index (χ3n) is 4.90. The number of aromatic amines is 1. The average molecular weight is 346 g/mol. The van der Waals surface area contributed by atoms with Gasteiger partial charge in [-0.3, -0.25) is 4.79 Å². The Morgan fingerprint density at radius 1 is 1.12 bits per heavy atom. The van der Waals surface area contributed by atoms with Gasteiger partial charge in [0.25, 0.3) is 5.91 Å². The number of fused-ring (bicyclic) bond motifs is 1. The van der Waals surface area contributed by atoms with E-state index in [1.54, 1.807) is 6.21 Å². The van der Waals surface area contributed by atoms with Crippen LogP contribution >= 0.6 is 0 Å². The summed E-state index contributed by atoms with van der Waals surface area (Å²) in [7, 11) is 0. The zero-order valence-electron chi connectivity index (χ0n) is 14.8. The van der Waals surface area contributed by atoms with Crippen molar-refractivity contribution in [2.45, 2.75) is 19.8 Å². The minimum Gasteiger partial charge on any atom is -0.372 e. The van der Waals surface area contributed by atoms with Crippen LogP contribution in [0.1, 0.15) is 34.5 Å². The van der Waals surface area contributed by atoms with Gasteiger partial charge in [0.2, 0.25) is 0 Å². The molecule has 0 atom stereocenters. The maximum Gasteiger partial charge on any atom is 0.271 e. The monoisotopic (exact) mass is 346 g/mol. The molecule has 1 amide bonds. The van der Waals surface area contributed by atoms with Gasteiger partial charge >= 0.3 is 0 Å². The van der Waals surface area contributed by atoms with E-state index in [4.69, 9.17) is 0 Å². The Bertz CT molecular complexity index is 950. The summed E-state index contributed by atoms with van der Waals surface area (Å²) < 4.78 is 0. The molecule has 0 radical (unpaired) electrons. The summed E-state index contributed by atoms with van der Waals surface area (Å²) in [4.78, 5) is 18.0. The van der Waals surface area contributed by atoms with Crippen LogP contribution in [0.3, 0.4) is 0 Å². The fraction of sp³-hybridized carbons (Fsp3) is 0.238. The van der Waals surface area contributed by atoms with Crippen LogP contribution in [0.4, 0.5) is 5.69 Å². The van der Waals surface area contributed by atoms with Crippen molar-refractivity contribution in [1.29, 1.82) is 0 Å². The number of rotatable bonds is 4. The number of benzene rings is 2. The quantitative estimate of drug-likeness (QED) is 0.557. The molecule has 2 aromatic carbocycles. The molecule has 0 bridgehead atoms. The largest absolute Gasteiger partial charge is 0.372 e. The van der Waals surface area contributed by atoms with E-state index in [1.165, 1.54) is 18.5 Å². The summed E-state index contributed by atoms with van der Waals surface area (Å²) in [6.07, 6.45) is 4.18. The highest BCUT2D eigenvalue weighted by atomic mass is 16.2. The zero-order chi connectivity index (χ0) is 17.9. The number of hydrogen-bond donors (Lipinski definition) is 2. The number of hydrazone groups is 1. The van der Waals surface area contributed by atoms with Gasteiger partial charge in [0, 0.05) is 46.5 Å². The molecule has 3 aromatic rings. The predicted octanol–water partition coefficient (Wildman–Crippen LogP) is 3.84. The van der Waals surface area contributed by atoms with E-state index in [-0.39, 0.29) is 5.91 Å². The highest BCUT2D eigenvalue weighted by molar-refractivity contribution is 6.01. The second kappa shape index (κ2) is 7.04. The van der Waals surface area contributed by atoms with Crippen LogP contribution < -0.4 is 10.3 Å². The van der Waals surface area contributed by atoms with Crippen molar-refractivity contribution in [2.75, 3.05) is 18.0 Å². The lowest BCUT2D eigenvalue weighted by Crippen LogP contribution is -2.19. The molecule has 132 valence electrons. The number of nitrogens with zero attached hydrogens (tertiary/aromatic N) is 2. The highest BCUT2D eigenvalue weighted by Crippen LogP contribution is 2.21. The average Bonchev–Trinajstić information content (AvgIpc) is 3.30. The Hall–Kier alpha value is -3.08. The van der Waals surface area contributed by atoms with Crippen molar-refractivity contribution in [3.8, 4) is 0 Å².